The van der Waals surface area contributed by atoms with E-state index in [4.69, 9.17) is 0 Å². The number of benzene rings is 1. The third-order valence-electron chi connectivity index (χ3n) is 2.46. The number of ketones is 1. The van der Waals surface area contributed by atoms with Gasteiger partial charge in [0.2, 0.25) is 5.78 Å². The van der Waals surface area contributed by atoms with E-state index in [1.54, 1.807) is 19.9 Å². The van der Waals surface area contributed by atoms with Gasteiger partial charge in [0.15, 0.2) is 0 Å². The number of carbonyl (C=O) groups excluding carboxylic acids is 1. The van der Waals surface area contributed by atoms with Crippen LogP contribution in [0, 0.1) is 0 Å². The van der Waals surface area contributed by atoms with Crippen LogP contribution in [0.5, 0.6) is 0 Å². The summed E-state index contributed by atoms with van der Waals surface area (Å²) in [5.74, 6) is -7.66. The van der Waals surface area contributed by atoms with Crippen molar-refractivity contribution in [2.45, 2.75) is 31.9 Å². The van der Waals surface area contributed by atoms with Crippen LogP contribution in [0.2, 0.25) is 0 Å². The average molecular weight is 266 g/mol. The van der Waals surface area contributed by atoms with Crippen LogP contribution in [0.1, 0.15) is 35.7 Å². The highest BCUT2D eigenvalue weighted by Gasteiger charge is 2.63. The number of halogens is 5. The zero-order chi connectivity index (χ0) is 14.1. The Morgan fingerprint density at radius 3 is 2.11 bits per heavy atom. The van der Waals surface area contributed by atoms with E-state index in [9.17, 15) is 26.7 Å². The van der Waals surface area contributed by atoms with Crippen LogP contribution in [-0.4, -0.2) is 17.9 Å². The summed E-state index contributed by atoms with van der Waals surface area (Å²) in [6.45, 7) is 3.48. The van der Waals surface area contributed by atoms with Crippen LogP contribution in [0.25, 0.3) is 0 Å². The van der Waals surface area contributed by atoms with Gasteiger partial charge in [-0.3, -0.25) is 4.79 Å². The molecular weight excluding hydrogens is 255 g/mol. The molecule has 0 aliphatic rings. The summed E-state index contributed by atoms with van der Waals surface area (Å²) in [6, 6.07) is 4.86. The van der Waals surface area contributed by atoms with Gasteiger partial charge in [0.05, 0.1) is 0 Å². The largest absolute Gasteiger partial charge is 0.461 e. The molecular formula is C12H11F5O. The lowest BCUT2D eigenvalue weighted by Gasteiger charge is -2.18. The maximum atomic E-state index is 12.9. The molecule has 0 atom stereocenters. The maximum absolute atomic E-state index is 12.9. The van der Waals surface area contributed by atoms with Crippen LogP contribution in [-0.2, 0) is 0 Å². The predicted octanol–water partition coefficient (Wildman–Crippen LogP) is 4.19. The zero-order valence-corrected chi connectivity index (χ0v) is 9.68. The highest BCUT2D eigenvalue weighted by atomic mass is 19.4. The van der Waals surface area contributed by atoms with E-state index in [2.05, 4.69) is 0 Å². The maximum Gasteiger partial charge on any atom is 0.461 e. The van der Waals surface area contributed by atoms with Crippen molar-refractivity contribution < 1.29 is 26.7 Å². The van der Waals surface area contributed by atoms with Crippen molar-refractivity contribution in [3.05, 3.63) is 35.4 Å². The Labute approximate surface area is 101 Å². The van der Waals surface area contributed by atoms with Gasteiger partial charge >= 0.3 is 12.1 Å². The lowest BCUT2D eigenvalue weighted by Crippen LogP contribution is -2.44. The third kappa shape index (κ3) is 2.68. The Hall–Kier alpha value is -1.46. The van der Waals surface area contributed by atoms with Crippen LogP contribution in [0.4, 0.5) is 22.0 Å². The van der Waals surface area contributed by atoms with Gasteiger partial charge in [-0.1, -0.05) is 32.0 Å². The molecule has 0 saturated heterocycles. The second-order valence-electron chi connectivity index (χ2n) is 4.18. The number of hydrogen-bond donors (Lipinski definition) is 0. The van der Waals surface area contributed by atoms with Gasteiger partial charge in [0.1, 0.15) is 0 Å². The lowest BCUT2D eigenvalue weighted by atomic mass is 9.97. The first-order chi connectivity index (χ1) is 8.07. The van der Waals surface area contributed by atoms with E-state index in [0.717, 1.165) is 12.1 Å². The average Bonchev–Trinajstić information content (AvgIpc) is 2.26. The van der Waals surface area contributed by atoms with Gasteiger partial charge in [-0.05, 0) is 17.5 Å². The van der Waals surface area contributed by atoms with Gasteiger partial charge in [-0.25, -0.2) is 0 Å². The van der Waals surface area contributed by atoms with Crippen molar-refractivity contribution in [1.82, 2.24) is 0 Å². The first-order valence-electron chi connectivity index (χ1n) is 5.16. The number of rotatable bonds is 3. The summed E-state index contributed by atoms with van der Waals surface area (Å²) in [4.78, 5) is 11.2. The van der Waals surface area contributed by atoms with E-state index in [-0.39, 0.29) is 5.92 Å². The quantitative estimate of drug-likeness (QED) is 0.592. The molecule has 0 saturated carbocycles. The molecule has 6 heteroatoms. The SMILES string of the molecule is CC(C)c1cccc(C(=O)C(F)(F)C(F)(F)F)c1. The highest BCUT2D eigenvalue weighted by Crippen LogP contribution is 2.38. The molecule has 1 aromatic rings. The normalized spacial score (nSPS) is 12.9. The molecule has 1 rings (SSSR count). The van der Waals surface area contributed by atoms with E-state index in [1.807, 2.05) is 0 Å². The molecule has 0 aromatic heterocycles. The van der Waals surface area contributed by atoms with Crippen molar-refractivity contribution in [1.29, 1.82) is 0 Å². The summed E-state index contributed by atoms with van der Waals surface area (Å²) in [5.41, 5.74) is -0.109. The Morgan fingerprint density at radius 2 is 1.67 bits per heavy atom. The molecule has 0 fully saturated rings. The van der Waals surface area contributed by atoms with E-state index < -0.39 is 23.4 Å². The fourth-order valence-electron chi connectivity index (χ4n) is 1.35. The van der Waals surface area contributed by atoms with Crippen LogP contribution in [0.15, 0.2) is 24.3 Å². The fourth-order valence-corrected chi connectivity index (χ4v) is 1.35. The second-order valence-corrected chi connectivity index (χ2v) is 4.18. The Kier molecular flexibility index (Phi) is 3.78. The first-order valence-corrected chi connectivity index (χ1v) is 5.16. The molecule has 0 amide bonds. The summed E-state index contributed by atoms with van der Waals surface area (Å²) >= 11 is 0. The summed E-state index contributed by atoms with van der Waals surface area (Å²) < 4.78 is 61.9. The predicted molar refractivity (Wildman–Crippen MR) is 55.9 cm³/mol. The molecule has 1 aromatic carbocycles. The summed E-state index contributed by atoms with van der Waals surface area (Å²) in [7, 11) is 0. The number of alkyl halides is 5. The topological polar surface area (TPSA) is 17.1 Å². The van der Waals surface area contributed by atoms with Crippen molar-refractivity contribution in [3.63, 3.8) is 0 Å². The molecule has 0 aliphatic heterocycles. The van der Waals surface area contributed by atoms with Gasteiger partial charge in [-0.15, -0.1) is 0 Å². The van der Waals surface area contributed by atoms with Gasteiger partial charge in [0, 0.05) is 5.56 Å². The van der Waals surface area contributed by atoms with E-state index >= 15 is 0 Å². The van der Waals surface area contributed by atoms with Crippen molar-refractivity contribution in [3.8, 4) is 0 Å². The number of Topliss-reactive ketones (excluding diaryl/α,β-unsaturated/α-hetero) is 1. The number of carbonyl (C=O) groups is 1. The molecule has 0 radical (unpaired) electrons. The van der Waals surface area contributed by atoms with Crippen LogP contribution in [0.3, 0.4) is 0 Å². The fraction of sp³-hybridized carbons (Fsp3) is 0.417. The van der Waals surface area contributed by atoms with Crippen LogP contribution < -0.4 is 0 Å². The highest BCUT2D eigenvalue weighted by molar-refractivity contribution is 6.02. The molecule has 0 unspecified atom stereocenters. The zero-order valence-electron chi connectivity index (χ0n) is 9.68. The van der Waals surface area contributed by atoms with Crippen molar-refractivity contribution in [2.24, 2.45) is 0 Å². The Balaban J connectivity index is 3.16. The monoisotopic (exact) mass is 266 g/mol. The summed E-state index contributed by atoms with van der Waals surface area (Å²) in [5, 5.41) is 0. The lowest BCUT2D eigenvalue weighted by molar-refractivity contribution is -0.255. The smallest absolute Gasteiger partial charge is 0.287 e. The van der Waals surface area contributed by atoms with Crippen molar-refractivity contribution in [2.75, 3.05) is 0 Å². The molecule has 0 N–H and O–H groups in total. The molecule has 1 nitrogen and oxygen atoms in total. The minimum Gasteiger partial charge on any atom is -0.287 e. The molecule has 18 heavy (non-hydrogen) atoms. The first kappa shape index (κ1) is 14.6. The van der Waals surface area contributed by atoms with Crippen LogP contribution >= 0.6 is 0 Å². The van der Waals surface area contributed by atoms with Gasteiger partial charge < -0.3 is 0 Å². The van der Waals surface area contributed by atoms with Crippen molar-refractivity contribution >= 4 is 5.78 Å². The molecule has 0 heterocycles. The molecule has 0 aliphatic carbocycles. The standard InChI is InChI=1S/C12H11F5O/c1-7(2)8-4-3-5-9(6-8)10(18)11(13,14)12(15,16)17/h3-7H,1-2H3. The van der Waals surface area contributed by atoms with Gasteiger partial charge in [-0.2, -0.15) is 22.0 Å². The Bertz CT molecular complexity index is 448. The minimum atomic E-state index is -5.88. The molecule has 100 valence electrons. The Morgan fingerprint density at radius 1 is 1.11 bits per heavy atom. The van der Waals surface area contributed by atoms with Gasteiger partial charge in [0.25, 0.3) is 0 Å². The van der Waals surface area contributed by atoms with E-state index in [0.29, 0.717) is 5.56 Å². The second kappa shape index (κ2) is 4.66. The minimum absolute atomic E-state index is 0.0720. The molecule has 0 bridgehead atoms. The number of hydrogen-bond acceptors (Lipinski definition) is 1. The van der Waals surface area contributed by atoms with E-state index in [1.165, 1.54) is 6.07 Å². The third-order valence-corrected chi connectivity index (χ3v) is 2.46. The summed E-state index contributed by atoms with van der Waals surface area (Å²) in [6.07, 6.45) is -5.88. The molecule has 0 spiro atoms.